The zero-order valence-electron chi connectivity index (χ0n) is 10.6. The second-order valence-electron chi connectivity index (χ2n) is 4.15. The molecule has 0 unspecified atom stereocenters. The van der Waals surface area contributed by atoms with Crippen LogP contribution in [-0.4, -0.2) is 28.7 Å². The third kappa shape index (κ3) is 2.33. The van der Waals surface area contributed by atoms with E-state index in [1.807, 2.05) is 0 Å². The SMILES string of the molecule is COc1cc(C(=O)O)cc2ccc(=O)n(CC(N)=O)c12. The summed E-state index contributed by atoms with van der Waals surface area (Å²) in [6.45, 7) is -0.307. The van der Waals surface area contributed by atoms with Gasteiger partial charge in [0, 0.05) is 11.5 Å². The molecule has 1 amide bonds. The number of ether oxygens (including phenoxy) is 1. The van der Waals surface area contributed by atoms with Gasteiger partial charge in [-0.05, 0) is 18.2 Å². The van der Waals surface area contributed by atoms with Crippen molar-refractivity contribution in [3.63, 3.8) is 0 Å². The highest BCUT2D eigenvalue weighted by Crippen LogP contribution is 2.26. The summed E-state index contributed by atoms with van der Waals surface area (Å²) in [6.07, 6.45) is 0. The van der Waals surface area contributed by atoms with E-state index in [0.29, 0.717) is 10.9 Å². The normalized spacial score (nSPS) is 10.4. The highest BCUT2D eigenvalue weighted by Gasteiger charge is 2.14. The van der Waals surface area contributed by atoms with Crippen LogP contribution in [0.2, 0.25) is 0 Å². The Balaban J connectivity index is 2.86. The lowest BCUT2D eigenvalue weighted by atomic mass is 10.1. The topological polar surface area (TPSA) is 112 Å². The summed E-state index contributed by atoms with van der Waals surface area (Å²) in [4.78, 5) is 34.0. The van der Waals surface area contributed by atoms with Gasteiger partial charge in [-0.3, -0.25) is 14.2 Å². The van der Waals surface area contributed by atoms with Gasteiger partial charge in [-0.1, -0.05) is 0 Å². The molecule has 0 fully saturated rings. The number of carbonyl (C=O) groups is 2. The fourth-order valence-electron chi connectivity index (χ4n) is 2.00. The molecule has 0 aliphatic carbocycles. The van der Waals surface area contributed by atoms with Gasteiger partial charge in [-0.15, -0.1) is 0 Å². The Morgan fingerprint density at radius 3 is 2.60 bits per heavy atom. The number of amides is 1. The minimum Gasteiger partial charge on any atom is -0.495 e. The third-order valence-electron chi connectivity index (χ3n) is 2.83. The van der Waals surface area contributed by atoms with Gasteiger partial charge in [0.05, 0.1) is 18.2 Å². The van der Waals surface area contributed by atoms with E-state index in [1.54, 1.807) is 0 Å². The summed E-state index contributed by atoms with van der Waals surface area (Å²) in [5, 5.41) is 9.51. The van der Waals surface area contributed by atoms with Crippen molar-refractivity contribution in [1.29, 1.82) is 0 Å². The molecule has 1 aromatic heterocycles. The minimum atomic E-state index is -1.11. The molecule has 1 heterocycles. The van der Waals surface area contributed by atoms with E-state index in [0.717, 1.165) is 4.57 Å². The number of carboxylic acid groups (broad SMARTS) is 1. The number of nitrogens with zero attached hydrogens (tertiary/aromatic N) is 1. The summed E-state index contributed by atoms with van der Waals surface area (Å²) in [7, 11) is 1.35. The lowest BCUT2D eigenvalue weighted by molar-refractivity contribution is -0.118. The number of hydrogen-bond donors (Lipinski definition) is 2. The number of nitrogens with two attached hydrogens (primary N) is 1. The Bertz CT molecular complexity index is 763. The number of carboxylic acids is 1. The average Bonchev–Trinajstić information content (AvgIpc) is 2.40. The number of rotatable bonds is 4. The number of aromatic carboxylic acids is 1. The summed E-state index contributed by atoms with van der Waals surface area (Å²) in [5.74, 6) is -1.60. The molecule has 20 heavy (non-hydrogen) atoms. The Morgan fingerprint density at radius 1 is 1.35 bits per heavy atom. The quantitative estimate of drug-likeness (QED) is 0.828. The number of primary amides is 1. The molecular formula is C13H12N2O5. The van der Waals surface area contributed by atoms with E-state index in [1.165, 1.54) is 31.4 Å². The molecule has 1 aromatic carbocycles. The maximum Gasteiger partial charge on any atom is 0.335 e. The van der Waals surface area contributed by atoms with Crippen molar-refractivity contribution in [1.82, 2.24) is 4.57 Å². The average molecular weight is 276 g/mol. The Labute approximate surface area is 113 Å². The second kappa shape index (κ2) is 5.04. The van der Waals surface area contributed by atoms with Gasteiger partial charge in [-0.25, -0.2) is 4.79 Å². The maximum absolute atomic E-state index is 11.8. The molecular weight excluding hydrogens is 264 g/mol. The van der Waals surface area contributed by atoms with Gasteiger partial charge in [0.25, 0.3) is 5.56 Å². The zero-order valence-corrected chi connectivity index (χ0v) is 10.6. The van der Waals surface area contributed by atoms with E-state index >= 15 is 0 Å². The van der Waals surface area contributed by atoms with Crippen molar-refractivity contribution in [2.75, 3.05) is 7.11 Å². The fraction of sp³-hybridized carbons (Fsp3) is 0.154. The van der Waals surface area contributed by atoms with Gasteiger partial charge < -0.3 is 15.6 Å². The van der Waals surface area contributed by atoms with E-state index in [9.17, 15) is 14.4 Å². The van der Waals surface area contributed by atoms with Crippen LogP contribution in [0.15, 0.2) is 29.1 Å². The second-order valence-corrected chi connectivity index (χ2v) is 4.15. The van der Waals surface area contributed by atoms with Gasteiger partial charge in [0.15, 0.2) is 0 Å². The predicted octanol–water partition coefficient (Wildman–Crippen LogP) is 0.194. The van der Waals surface area contributed by atoms with Crippen LogP contribution in [0.3, 0.4) is 0 Å². The largest absolute Gasteiger partial charge is 0.495 e. The zero-order chi connectivity index (χ0) is 14.9. The number of benzene rings is 1. The third-order valence-corrected chi connectivity index (χ3v) is 2.83. The molecule has 7 nitrogen and oxygen atoms in total. The number of carbonyl (C=O) groups excluding carboxylic acids is 1. The lowest BCUT2D eigenvalue weighted by Gasteiger charge is -2.12. The molecule has 0 aliphatic heterocycles. The number of pyridine rings is 1. The van der Waals surface area contributed by atoms with E-state index in [-0.39, 0.29) is 17.9 Å². The Morgan fingerprint density at radius 2 is 2.05 bits per heavy atom. The van der Waals surface area contributed by atoms with Crippen LogP contribution in [0.1, 0.15) is 10.4 Å². The Kier molecular flexibility index (Phi) is 3.43. The molecule has 0 radical (unpaired) electrons. The highest BCUT2D eigenvalue weighted by molar-refractivity contribution is 5.96. The molecule has 0 spiro atoms. The van der Waals surface area contributed by atoms with Gasteiger partial charge in [0.2, 0.25) is 5.91 Å². The first-order valence-electron chi connectivity index (χ1n) is 5.67. The van der Waals surface area contributed by atoms with Crippen LogP contribution in [0.4, 0.5) is 0 Å². The smallest absolute Gasteiger partial charge is 0.335 e. The first kappa shape index (κ1) is 13.6. The first-order valence-corrected chi connectivity index (χ1v) is 5.67. The number of hydrogen-bond acceptors (Lipinski definition) is 4. The molecule has 0 bridgehead atoms. The van der Waals surface area contributed by atoms with Gasteiger partial charge >= 0.3 is 5.97 Å². The molecule has 7 heteroatoms. The Hall–Kier alpha value is -2.83. The molecule has 0 saturated carbocycles. The van der Waals surface area contributed by atoms with Gasteiger partial charge in [0.1, 0.15) is 12.3 Å². The summed E-state index contributed by atoms with van der Waals surface area (Å²) in [5.41, 5.74) is 5.07. The van der Waals surface area contributed by atoms with E-state index < -0.39 is 17.4 Å². The summed E-state index contributed by atoms with van der Waals surface area (Å²) < 4.78 is 6.28. The van der Waals surface area contributed by atoms with Crippen LogP contribution in [0.5, 0.6) is 5.75 Å². The summed E-state index contributed by atoms with van der Waals surface area (Å²) in [6, 6.07) is 5.42. The number of methoxy groups -OCH3 is 1. The van der Waals surface area contributed by atoms with Gasteiger partial charge in [-0.2, -0.15) is 0 Å². The van der Waals surface area contributed by atoms with Crippen LogP contribution in [0.25, 0.3) is 10.9 Å². The van der Waals surface area contributed by atoms with Crippen molar-refractivity contribution in [2.45, 2.75) is 6.54 Å². The maximum atomic E-state index is 11.8. The molecule has 104 valence electrons. The van der Waals surface area contributed by atoms with Crippen LogP contribution in [0, 0.1) is 0 Å². The fourth-order valence-corrected chi connectivity index (χ4v) is 2.00. The lowest BCUT2D eigenvalue weighted by Crippen LogP contribution is -2.28. The van der Waals surface area contributed by atoms with Crippen LogP contribution in [-0.2, 0) is 11.3 Å². The standard InChI is InChI=1S/C13H12N2O5/c1-20-9-5-8(13(18)19)4-7-2-3-11(17)15(12(7)9)6-10(14)16/h2-5H,6H2,1H3,(H2,14,16)(H,18,19). The van der Waals surface area contributed by atoms with Crippen molar-refractivity contribution in [3.05, 3.63) is 40.2 Å². The van der Waals surface area contributed by atoms with E-state index in [4.69, 9.17) is 15.6 Å². The molecule has 0 saturated heterocycles. The van der Waals surface area contributed by atoms with Crippen molar-refractivity contribution >= 4 is 22.8 Å². The first-order chi connectivity index (χ1) is 9.43. The molecule has 2 rings (SSSR count). The molecule has 2 aromatic rings. The monoisotopic (exact) mass is 276 g/mol. The van der Waals surface area contributed by atoms with Crippen molar-refractivity contribution < 1.29 is 19.4 Å². The number of fused-ring (bicyclic) bond motifs is 1. The molecule has 0 atom stereocenters. The number of aromatic nitrogens is 1. The van der Waals surface area contributed by atoms with Crippen molar-refractivity contribution in [3.8, 4) is 5.75 Å². The molecule has 3 N–H and O–H groups in total. The molecule has 0 aliphatic rings. The highest BCUT2D eigenvalue weighted by atomic mass is 16.5. The van der Waals surface area contributed by atoms with Crippen LogP contribution >= 0.6 is 0 Å². The van der Waals surface area contributed by atoms with E-state index in [2.05, 4.69) is 0 Å². The van der Waals surface area contributed by atoms with Crippen molar-refractivity contribution in [2.24, 2.45) is 5.73 Å². The van der Waals surface area contributed by atoms with Crippen LogP contribution < -0.4 is 16.0 Å². The predicted molar refractivity (Wildman–Crippen MR) is 70.9 cm³/mol. The minimum absolute atomic E-state index is 0.0265. The summed E-state index contributed by atoms with van der Waals surface area (Å²) >= 11 is 0.